The van der Waals surface area contributed by atoms with Gasteiger partial charge in [0.05, 0.1) is 29.2 Å². The zero-order valence-corrected chi connectivity index (χ0v) is 19.4. The number of hydrogen-bond acceptors (Lipinski definition) is 7. The third-order valence-corrected chi connectivity index (χ3v) is 7.36. The van der Waals surface area contributed by atoms with E-state index in [9.17, 15) is 19.5 Å². The van der Waals surface area contributed by atoms with Crippen molar-refractivity contribution in [2.75, 3.05) is 39.5 Å². The molecular weight excluding hydrogens is 532 g/mol. The SMILES string of the molecule is CCOc1cc(/C=C2/SC(=O)N(CC(=O)N3CCOCC3)C2=O)c(Br)c(Br)c1O. The van der Waals surface area contributed by atoms with Gasteiger partial charge in [-0.15, -0.1) is 0 Å². The fourth-order valence-corrected chi connectivity index (χ4v) is 4.48. The van der Waals surface area contributed by atoms with Crippen molar-refractivity contribution < 1.29 is 29.0 Å². The topological polar surface area (TPSA) is 96.4 Å². The van der Waals surface area contributed by atoms with Gasteiger partial charge in [0.1, 0.15) is 6.54 Å². The Balaban J connectivity index is 1.82. The average molecular weight is 550 g/mol. The van der Waals surface area contributed by atoms with Crippen molar-refractivity contribution in [1.82, 2.24) is 9.80 Å². The first kappa shape index (κ1) is 22.1. The molecule has 0 atom stereocenters. The van der Waals surface area contributed by atoms with E-state index < -0.39 is 11.1 Å². The van der Waals surface area contributed by atoms with Gasteiger partial charge in [0, 0.05) is 17.6 Å². The summed E-state index contributed by atoms with van der Waals surface area (Å²) in [7, 11) is 0. The zero-order chi connectivity index (χ0) is 21.1. The second kappa shape index (κ2) is 9.50. The van der Waals surface area contributed by atoms with Crippen LogP contribution in [0.5, 0.6) is 11.5 Å². The number of thioether (sulfide) groups is 1. The Kier molecular flexibility index (Phi) is 7.25. The molecular formula is C18H18Br2N2O6S. The summed E-state index contributed by atoms with van der Waals surface area (Å²) in [4.78, 5) is 40.2. The van der Waals surface area contributed by atoms with Gasteiger partial charge in [0.25, 0.3) is 11.1 Å². The van der Waals surface area contributed by atoms with Crippen LogP contribution in [-0.4, -0.2) is 71.4 Å². The van der Waals surface area contributed by atoms with E-state index in [1.165, 1.54) is 6.08 Å². The second-order valence-corrected chi connectivity index (χ2v) is 8.71. The van der Waals surface area contributed by atoms with Crippen molar-refractivity contribution in [2.45, 2.75) is 6.92 Å². The highest BCUT2D eigenvalue weighted by Crippen LogP contribution is 2.43. The molecule has 2 fully saturated rings. The van der Waals surface area contributed by atoms with Gasteiger partial charge in [-0.3, -0.25) is 19.3 Å². The van der Waals surface area contributed by atoms with Crippen molar-refractivity contribution in [2.24, 2.45) is 0 Å². The van der Waals surface area contributed by atoms with Crippen LogP contribution in [0.4, 0.5) is 4.79 Å². The summed E-state index contributed by atoms with van der Waals surface area (Å²) in [5.41, 5.74) is 0.545. The maximum Gasteiger partial charge on any atom is 0.294 e. The molecule has 0 aromatic heterocycles. The lowest BCUT2D eigenvalue weighted by Gasteiger charge is -2.28. The predicted molar refractivity (Wildman–Crippen MR) is 115 cm³/mol. The summed E-state index contributed by atoms with van der Waals surface area (Å²) in [6.45, 7) is 3.61. The summed E-state index contributed by atoms with van der Waals surface area (Å²) in [6.07, 6.45) is 1.53. The zero-order valence-electron chi connectivity index (χ0n) is 15.4. The molecule has 2 aliphatic heterocycles. The molecule has 1 N–H and O–H groups in total. The highest BCUT2D eigenvalue weighted by Gasteiger charge is 2.37. The molecule has 0 aliphatic carbocycles. The van der Waals surface area contributed by atoms with E-state index in [-0.39, 0.29) is 28.9 Å². The van der Waals surface area contributed by atoms with Crippen LogP contribution in [-0.2, 0) is 14.3 Å². The first-order chi connectivity index (χ1) is 13.8. The molecule has 0 saturated carbocycles. The van der Waals surface area contributed by atoms with Crippen molar-refractivity contribution in [3.63, 3.8) is 0 Å². The monoisotopic (exact) mass is 548 g/mol. The smallest absolute Gasteiger partial charge is 0.294 e. The molecule has 29 heavy (non-hydrogen) atoms. The third kappa shape index (κ3) is 4.79. The van der Waals surface area contributed by atoms with Gasteiger partial charge in [-0.05, 0) is 68.3 Å². The number of hydrogen-bond donors (Lipinski definition) is 1. The average Bonchev–Trinajstić information content (AvgIpc) is 2.98. The van der Waals surface area contributed by atoms with Gasteiger partial charge in [-0.2, -0.15) is 0 Å². The highest BCUT2D eigenvalue weighted by molar-refractivity contribution is 9.13. The van der Waals surface area contributed by atoms with E-state index in [0.29, 0.717) is 47.4 Å². The van der Waals surface area contributed by atoms with Crippen LogP contribution in [0.1, 0.15) is 12.5 Å². The molecule has 0 unspecified atom stereocenters. The van der Waals surface area contributed by atoms with Gasteiger partial charge in [0.15, 0.2) is 11.5 Å². The number of phenolic OH excluding ortho intramolecular Hbond substituents is 1. The minimum absolute atomic E-state index is 0.0694. The van der Waals surface area contributed by atoms with Crippen LogP contribution in [0.15, 0.2) is 19.9 Å². The van der Waals surface area contributed by atoms with Crippen LogP contribution in [0.3, 0.4) is 0 Å². The number of benzene rings is 1. The number of carbonyl (C=O) groups excluding carboxylic acids is 3. The quantitative estimate of drug-likeness (QED) is 0.563. The highest BCUT2D eigenvalue weighted by atomic mass is 79.9. The van der Waals surface area contributed by atoms with Crippen LogP contribution in [0.2, 0.25) is 0 Å². The van der Waals surface area contributed by atoms with Gasteiger partial charge < -0.3 is 19.5 Å². The number of carbonyl (C=O) groups is 3. The number of halogens is 2. The predicted octanol–water partition coefficient (Wildman–Crippen LogP) is 3.21. The number of amides is 3. The molecule has 2 aliphatic rings. The largest absolute Gasteiger partial charge is 0.503 e. The van der Waals surface area contributed by atoms with Gasteiger partial charge in [-0.1, -0.05) is 0 Å². The fraction of sp³-hybridized carbons (Fsp3) is 0.389. The lowest BCUT2D eigenvalue weighted by atomic mass is 10.2. The molecule has 2 saturated heterocycles. The maximum absolute atomic E-state index is 12.7. The van der Waals surface area contributed by atoms with Gasteiger partial charge >= 0.3 is 0 Å². The third-order valence-electron chi connectivity index (χ3n) is 4.29. The lowest BCUT2D eigenvalue weighted by Crippen LogP contribution is -2.46. The second-order valence-electron chi connectivity index (χ2n) is 6.13. The van der Waals surface area contributed by atoms with Crippen molar-refractivity contribution in [1.29, 1.82) is 0 Å². The Morgan fingerprint density at radius 1 is 1.31 bits per heavy atom. The molecule has 3 amide bonds. The number of ether oxygens (including phenoxy) is 2. The Morgan fingerprint density at radius 3 is 2.66 bits per heavy atom. The fourth-order valence-electron chi connectivity index (χ4n) is 2.81. The molecule has 3 rings (SSSR count). The number of morpholine rings is 1. The van der Waals surface area contributed by atoms with E-state index >= 15 is 0 Å². The minimum Gasteiger partial charge on any atom is -0.503 e. The van der Waals surface area contributed by atoms with Gasteiger partial charge in [0.2, 0.25) is 5.91 Å². The number of nitrogens with zero attached hydrogens (tertiary/aromatic N) is 2. The van der Waals surface area contributed by atoms with E-state index in [1.807, 2.05) is 0 Å². The molecule has 1 aromatic carbocycles. The van der Waals surface area contributed by atoms with Crippen LogP contribution < -0.4 is 4.74 Å². The number of rotatable bonds is 5. The maximum atomic E-state index is 12.7. The molecule has 11 heteroatoms. The Morgan fingerprint density at radius 2 is 2.00 bits per heavy atom. The molecule has 1 aromatic rings. The molecule has 0 radical (unpaired) electrons. The molecule has 2 heterocycles. The van der Waals surface area contributed by atoms with Crippen LogP contribution in [0, 0.1) is 0 Å². The van der Waals surface area contributed by atoms with Crippen LogP contribution in [0.25, 0.3) is 6.08 Å². The summed E-state index contributed by atoms with van der Waals surface area (Å²) in [5.74, 6) is -0.643. The number of aromatic hydroxyl groups is 1. The van der Waals surface area contributed by atoms with Gasteiger partial charge in [-0.25, -0.2) is 0 Å². The number of imide groups is 1. The Bertz CT molecular complexity index is 886. The summed E-state index contributed by atoms with van der Waals surface area (Å²) in [5, 5.41) is 9.65. The summed E-state index contributed by atoms with van der Waals surface area (Å²) >= 11 is 7.41. The Hall–Kier alpha value is -1.56. The Labute approximate surface area is 188 Å². The normalized spacial score (nSPS) is 18.7. The molecule has 156 valence electrons. The molecule has 8 nitrogen and oxygen atoms in total. The molecule has 0 bridgehead atoms. The number of phenols is 1. The van der Waals surface area contributed by atoms with E-state index in [1.54, 1.807) is 17.9 Å². The van der Waals surface area contributed by atoms with Crippen molar-refractivity contribution in [3.8, 4) is 11.5 Å². The van der Waals surface area contributed by atoms with E-state index in [2.05, 4.69) is 31.9 Å². The van der Waals surface area contributed by atoms with Crippen molar-refractivity contribution >= 4 is 66.8 Å². The van der Waals surface area contributed by atoms with Crippen LogP contribution >= 0.6 is 43.6 Å². The standard InChI is InChI=1S/C18H18Br2N2O6S/c1-2-28-11-7-10(14(19)15(20)16(11)24)8-12-17(25)22(18(26)29-12)9-13(23)21-3-5-27-6-4-21/h7-8,24H,2-6,9H2,1H3/b12-8+. The van der Waals surface area contributed by atoms with Crippen molar-refractivity contribution in [3.05, 3.63) is 25.5 Å². The van der Waals surface area contributed by atoms with E-state index in [0.717, 1.165) is 16.7 Å². The van der Waals surface area contributed by atoms with E-state index in [4.69, 9.17) is 9.47 Å². The minimum atomic E-state index is -0.532. The summed E-state index contributed by atoms with van der Waals surface area (Å²) in [6, 6.07) is 1.57. The lowest BCUT2D eigenvalue weighted by molar-refractivity contribution is -0.139. The summed E-state index contributed by atoms with van der Waals surface area (Å²) < 4.78 is 11.5. The molecule has 0 spiro atoms. The first-order valence-electron chi connectivity index (χ1n) is 8.78. The first-order valence-corrected chi connectivity index (χ1v) is 11.2.